The third-order valence-corrected chi connectivity index (χ3v) is 6.10. The quantitative estimate of drug-likeness (QED) is 0.0428. The summed E-state index contributed by atoms with van der Waals surface area (Å²) in [7, 11) is 4.87. The number of nitrogens with two attached hydrogens (primary N) is 3. The van der Waals surface area contributed by atoms with Gasteiger partial charge < -0.3 is 43.6 Å². The van der Waals surface area contributed by atoms with Crippen LogP contribution in [0.4, 0.5) is 14.5 Å². The van der Waals surface area contributed by atoms with Crippen LogP contribution in [0.5, 0.6) is 0 Å². The van der Waals surface area contributed by atoms with Gasteiger partial charge in [0.25, 0.3) is 5.91 Å². The summed E-state index contributed by atoms with van der Waals surface area (Å²) < 4.78 is 29.5. The third-order valence-electron chi connectivity index (χ3n) is 6.10. The van der Waals surface area contributed by atoms with E-state index in [1.165, 1.54) is 6.07 Å². The van der Waals surface area contributed by atoms with Crippen LogP contribution in [0.3, 0.4) is 0 Å². The number of rotatable bonds is 16. The standard InChI is InChI=1S/C26H41F2N9O6/c1-13(2)21(36-22(40)14-8-9-17(37(3,4)5)20(28)19(14)27)25(43)34-15(7-6-10-32-26(30)31)24(42)35-16(12-38)23(41)33-11-18(29)39/h8-9,13,15-16,21,38H,6-7,10-12H2,1-5H3,(H9-,29,30,31,32,33,34,35,36,39,40,41,42,43)/p+1/t15-,16-,21-/m0/s1. The summed E-state index contributed by atoms with van der Waals surface area (Å²) in [5, 5.41) is 18.9. The van der Waals surface area contributed by atoms with Gasteiger partial charge in [-0.15, -0.1) is 0 Å². The van der Waals surface area contributed by atoms with Crippen molar-refractivity contribution in [1.29, 1.82) is 0 Å². The zero-order valence-corrected chi connectivity index (χ0v) is 24.9. The molecule has 0 fully saturated rings. The molecule has 240 valence electrons. The van der Waals surface area contributed by atoms with E-state index < -0.39 is 83.9 Å². The molecule has 3 atom stereocenters. The van der Waals surface area contributed by atoms with Crippen molar-refractivity contribution in [1.82, 2.24) is 25.8 Å². The molecule has 43 heavy (non-hydrogen) atoms. The van der Waals surface area contributed by atoms with E-state index in [1.54, 1.807) is 35.0 Å². The number of hydrogen-bond acceptors (Lipinski definition) is 7. The van der Waals surface area contributed by atoms with Crippen LogP contribution in [0.2, 0.25) is 0 Å². The van der Waals surface area contributed by atoms with E-state index in [-0.39, 0.29) is 35.5 Å². The highest BCUT2D eigenvalue weighted by atomic mass is 19.2. The van der Waals surface area contributed by atoms with Crippen molar-refractivity contribution in [3.63, 3.8) is 0 Å². The van der Waals surface area contributed by atoms with Gasteiger partial charge in [-0.2, -0.15) is 4.39 Å². The number of carbonyl (C=O) groups excluding carboxylic acids is 5. The lowest BCUT2D eigenvalue weighted by Crippen LogP contribution is -2.58. The lowest BCUT2D eigenvalue weighted by Gasteiger charge is -2.27. The van der Waals surface area contributed by atoms with Gasteiger partial charge >= 0.3 is 0 Å². The summed E-state index contributed by atoms with van der Waals surface area (Å²) in [6.45, 7) is 1.87. The van der Waals surface area contributed by atoms with Gasteiger partial charge in [0.05, 0.1) is 39.9 Å². The van der Waals surface area contributed by atoms with Gasteiger partial charge in [0.2, 0.25) is 29.4 Å². The lowest BCUT2D eigenvalue weighted by molar-refractivity contribution is -0.134. The van der Waals surface area contributed by atoms with Crippen LogP contribution in [0.25, 0.3) is 0 Å². The highest BCUT2D eigenvalue weighted by Gasteiger charge is 2.32. The maximum absolute atomic E-state index is 14.9. The Kier molecular flexibility index (Phi) is 13.9. The van der Waals surface area contributed by atoms with Gasteiger partial charge in [-0.1, -0.05) is 13.8 Å². The number of aliphatic imine (C=N–C) groups is 1. The molecule has 0 aliphatic rings. The maximum Gasteiger partial charge on any atom is 0.255 e. The van der Waals surface area contributed by atoms with Crippen molar-refractivity contribution in [2.24, 2.45) is 28.1 Å². The van der Waals surface area contributed by atoms with Gasteiger partial charge in [0, 0.05) is 12.6 Å². The van der Waals surface area contributed by atoms with Gasteiger partial charge in [0.15, 0.2) is 17.5 Å². The number of aliphatic hydroxyl groups is 1. The number of nitrogens with one attached hydrogen (secondary N) is 4. The molecule has 0 unspecified atom stereocenters. The van der Waals surface area contributed by atoms with Gasteiger partial charge in [-0.3, -0.25) is 33.4 Å². The normalized spacial score (nSPS) is 13.3. The third kappa shape index (κ3) is 11.4. The molecule has 1 aromatic rings. The molecule has 0 saturated heterocycles. The first-order chi connectivity index (χ1) is 19.9. The Morgan fingerprint density at radius 2 is 1.51 bits per heavy atom. The number of benzene rings is 1. The van der Waals surface area contributed by atoms with E-state index in [1.807, 2.05) is 0 Å². The van der Waals surface area contributed by atoms with Crippen molar-refractivity contribution >= 4 is 41.2 Å². The Balaban J connectivity index is 3.18. The second-order valence-electron chi connectivity index (χ2n) is 10.9. The number of halogens is 2. The summed E-state index contributed by atoms with van der Waals surface area (Å²) in [6.07, 6.45) is 0.149. The van der Waals surface area contributed by atoms with Crippen LogP contribution in [-0.4, -0.2) is 99.6 Å². The highest BCUT2D eigenvalue weighted by molar-refractivity contribution is 5.99. The van der Waals surface area contributed by atoms with Gasteiger partial charge in [-0.25, -0.2) is 4.39 Å². The number of guanidine groups is 1. The van der Waals surface area contributed by atoms with Crippen LogP contribution in [0.1, 0.15) is 37.0 Å². The first kappa shape index (κ1) is 36.6. The molecule has 1 aromatic carbocycles. The first-order valence-electron chi connectivity index (χ1n) is 13.3. The molecular weight excluding hydrogens is 572 g/mol. The predicted octanol–water partition coefficient (Wildman–Crippen LogP) is -2.47. The van der Waals surface area contributed by atoms with E-state index in [4.69, 9.17) is 17.2 Å². The summed E-state index contributed by atoms with van der Waals surface area (Å²) in [4.78, 5) is 66.3. The monoisotopic (exact) mass is 614 g/mol. The molecule has 0 aliphatic carbocycles. The molecule has 0 heterocycles. The summed E-state index contributed by atoms with van der Waals surface area (Å²) in [5.41, 5.74) is 15.0. The van der Waals surface area contributed by atoms with Crippen molar-refractivity contribution in [2.75, 3.05) is 40.8 Å². The molecule has 0 bridgehead atoms. The molecule has 5 amide bonds. The van der Waals surface area contributed by atoms with E-state index in [0.717, 1.165) is 6.07 Å². The molecule has 0 saturated carbocycles. The molecule has 17 heteroatoms. The van der Waals surface area contributed by atoms with Crippen LogP contribution in [-0.2, 0) is 19.2 Å². The average molecular weight is 615 g/mol. The predicted molar refractivity (Wildman–Crippen MR) is 155 cm³/mol. The Bertz CT molecular complexity index is 1220. The second-order valence-corrected chi connectivity index (χ2v) is 10.9. The molecule has 1 rings (SSSR count). The molecule has 0 spiro atoms. The highest BCUT2D eigenvalue weighted by Crippen LogP contribution is 2.26. The van der Waals surface area contributed by atoms with Crippen molar-refractivity contribution in [3.05, 3.63) is 29.3 Å². The second kappa shape index (κ2) is 16.3. The minimum atomic E-state index is -1.49. The van der Waals surface area contributed by atoms with Crippen LogP contribution < -0.4 is 43.0 Å². The zero-order valence-electron chi connectivity index (χ0n) is 24.9. The maximum atomic E-state index is 14.9. The first-order valence-corrected chi connectivity index (χ1v) is 13.3. The SMILES string of the molecule is CC(C)[C@H](NC(=O)c1ccc([N+](C)(C)C)c(F)c1F)C(=O)N[C@@H](CCCN=C(N)N)C(=O)N[C@@H](CO)C(=O)NCC(N)=O. The van der Waals surface area contributed by atoms with Crippen molar-refractivity contribution in [3.8, 4) is 0 Å². The Hall–Kier alpha value is -4.38. The number of nitrogens with zero attached hydrogens (tertiary/aromatic N) is 2. The minimum absolute atomic E-state index is 0.00581. The Labute approximate surface area is 248 Å². The summed E-state index contributed by atoms with van der Waals surface area (Å²) in [6, 6.07) is -1.71. The van der Waals surface area contributed by atoms with Gasteiger partial charge in [-0.05, 0) is 24.8 Å². The van der Waals surface area contributed by atoms with E-state index in [2.05, 4.69) is 26.3 Å². The average Bonchev–Trinajstić information content (AvgIpc) is 2.90. The van der Waals surface area contributed by atoms with E-state index in [0.29, 0.717) is 0 Å². The Morgan fingerprint density at radius 1 is 0.907 bits per heavy atom. The number of carbonyl (C=O) groups is 5. The number of quaternary nitrogens is 1. The molecule has 0 aromatic heterocycles. The topological polar surface area (TPSA) is 244 Å². The number of hydrogen-bond donors (Lipinski definition) is 8. The smallest absolute Gasteiger partial charge is 0.255 e. The molecular formula is C26H42F2N9O6+. The minimum Gasteiger partial charge on any atom is -0.394 e. The number of aliphatic hydroxyl groups excluding tert-OH is 1. The van der Waals surface area contributed by atoms with Gasteiger partial charge in [0.1, 0.15) is 18.1 Å². The fraction of sp³-hybridized carbons (Fsp3) is 0.538. The molecule has 0 radical (unpaired) electrons. The summed E-state index contributed by atoms with van der Waals surface area (Å²) >= 11 is 0. The number of amides is 5. The molecule has 0 aliphatic heterocycles. The van der Waals surface area contributed by atoms with Crippen molar-refractivity contribution < 1.29 is 37.9 Å². The molecule has 11 N–H and O–H groups in total. The Morgan fingerprint density at radius 3 is 2.02 bits per heavy atom. The van der Waals surface area contributed by atoms with Crippen LogP contribution in [0.15, 0.2) is 17.1 Å². The molecule has 15 nitrogen and oxygen atoms in total. The van der Waals surface area contributed by atoms with Crippen LogP contribution in [0, 0.1) is 17.6 Å². The lowest BCUT2D eigenvalue weighted by atomic mass is 10.0. The zero-order chi connectivity index (χ0) is 33.1. The largest absolute Gasteiger partial charge is 0.394 e. The summed E-state index contributed by atoms with van der Waals surface area (Å²) in [5.74, 6) is -7.90. The van der Waals surface area contributed by atoms with Crippen molar-refractivity contribution in [2.45, 2.75) is 44.8 Å². The fourth-order valence-electron chi connectivity index (χ4n) is 3.78. The van der Waals surface area contributed by atoms with E-state index >= 15 is 0 Å². The van der Waals surface area contributed by atoms with E-state index in [9.17, 15) is 37.9 Å². The fourth-order valence-corrected chi connectivity index (χ4v) is 3.78. The van der Waals surface area contributed by atoms with Crippen LogP contribution >= 0.6 is 0 Å². The number of primary amides is 1.